The van der Waals surface area contributed by atoms with Gasteiger partial charge in [0.1, 0.15) is 11.9 Å². The van der Waals surface area contributed by atoms with Crippen LogP contribution in [0.1, 0.15) is 0 Å². The van der Waals surface area contributed by atoms with E-state index in [4.69, 9.17) is 11.5 Å². The molecule has 15 heavy (non-hydrogen) atoms. The second-order valence-electron chi connectivity index (χ2n) is 3.11. The van der Waals surface area contributed by atoms with Crippen molar-refractivity contribution in [1.82, 2.24) is 10.4 Å². The number of hydrogen-bond acceptors (Lipinski definition) is 5. The molecule has 0 radical (unpaired) electrons. The maximum absolute atomic E-state index is 10.9. The van der Waals surface area contributed by atoms with Crippen molar-refractivity contribution in [3.63, 3.8) is 0 Å². The van der Waals surface area contributed by atoms with Crippen molar-refractivity contribution >= 4 is 18.0 Å². The number of hydrazine groups is 1. The molecular formula is C8H9N5O2. The number of nitrogens with two attached hydrogens (primary N) is 2. The van der Waals surface area contributed by atoms with Gasteiger partial charge in [0.2, 0.25) is 5.91 Å². The van der Waals surface area contributed by atoms with E-state index in [2.05, 4.69) is 10.4 Å². The van der Waals surface area contributed by atoms with Crippen LogP contribution >= 0.6 is 0 Å². The van der Waals surface area contributed by atoms with Crippen LogP contribution in [0, 0.1) is 0 Å². The molecule has 78 valence electrons. The molecule has 7 heteroatoms. The highest BCUT2D eigenvalue weighted by molar-refractivity contribution is 6.12. The smallest absolute Gasteiger partial charge is 0.251 e. The zero-order valence-corrected chi connectivity index (χ0v) is 7.68. The molecule has 2 amide bonds. The zero-order chi connectivity index (χ0) is 11.0. The van der Waals surface area contributed by atoms with Gasteiger partial charge in [-0.3, -0.25) is 14.6 Å². The number of rotatable bonds is 2. The fourth-order valence-electron chi connectivity index (χ4n) is 1.27. The lowest BCUT2D eigenvalue weighted by Gasteiger charge is -2.19. The maximum atomic E-state index is 10.9. The number of primary amides is 2. The van der Waals surface area contributed by atoms with Crippen LogP contribution in [-0.2, 0) is 9.59 Å². The quantitative estimate of drug-likeness (QED) is 0.483. The molecule has 0 aromatic carbocycles. The van der Waals surface area contributed by atoms with Crippen molar-refractivity contribution < 1.29 is 9.59 Å². The maximum Gasteiger partial charge on any atom is 0.251 e. The lowest BCUT2D eigenvalue weighted by Crippen LogP contribution is -2.42. The molecule has 7 nitrogen and oxygen atoms in total. The molecule has 1 unspecified atom stereocenters. The standard InChI is InChI=1S/C8H9N5O2/c9-7(14)4-2-11-6-1-5(8(10)15)12-13(6)3-4/h1-3,5,12H,(H2,9,14)(H2,10,15). The van der Waals surface area contributed by atoms with Gasteiger partial charge in [-0.2, -0.15) is 0 Å². The van der Waals surface area contributed by atoms with Crippen molar-refractivity contribution in [1.29, 1.82) is 0 Å². The van der Waals surface area contributed by atoms with Crippen LogP contribution in [0.15, 0.2) is 28.7 Å². The van der Waals surface area contributed by atoms with E-state index >= 15 is 0 Å². The molecule has 1 atom stereocenters. The summed E-state index contributed by atoms with van der Waals surface area (Å²) in [4.78, 5) is 25.7. The van der Waals surface area contributed by atoms with E-state index in [0.29, 0.717) is 5.82 Å². The van der Waals surface area contributed by atoms with Crippen molar-refractivity contribution in [2.24, 2.45) is 16.5 Å². The van der Waals surface area contributed by atoms with Gasteiger partial charge in [-0.05, 0) is 6.08 Å². The highest BCUT2D eigenvalue weighted by Crippen LogP contribution is 2.17. The highest BCUT2D eigenvalue weighted by atomic mass is 16.2. The summed E-state index contributed by atoms with van der Waals surface area (Å²) in [6, 6.07) is -0.611. The van der Waals surface area contributed by atoms with E-state index in [-0.39, 0.29) is 5.57 Å². The molecule has 2 aliphatic heterocycles. The van der Waals surface area contributed by atoms with Crippen molar-refractivity contribution in [3.8, 4) is 0 Å². The molecule has 5 N–H and O–H groups in total. The lowest BCUT2D eigenvalue weighted by molar-refractivity contribution is -0.119. The monoisotopic (exact) mass is 207 g/mol. The molecule has 0 saturated heterocycles. The minimum absolute atomic E-state index is 0.254. The van der Waals surface area contributed by atoms with Gasteiger partial charge in [-0.25, -0.2) is 10.4 Å². The first-order valence-electron chi connectivity index (χ1n) is 4.20. The largest absolute Gasteiger partial charge is 0.368 e. The van der Waals surface area contributed by atoms with Crippen molar-refractivity contribution in [2.75, 3.05) is 0 Å². The van der Waals surface area contributed by atoms with Crippen LogP contribution in [0.2, 0.25) is 0 Å². The molecule has 0 aliphatic carbocycles. The van der Waals surface area contributed by atoms with Crippen molar-refractivity contribution in [2.45, 2.75) is 6.04 Å². The van der Waals surface area contributed by atoms with Gasteiger partial charge < -0.3 is 11.5 Å². The van der Waals surface area contributed by atoms with E-state index in [1.165, 1.54) is 17.4 Å². The van der Waals surface area contributed by atoms with Gasteiger partial charge in [0.25, 0.3) is 5.91 Å². The van der Waals surface area contributed by atoms with E-state index in [9.17, 15) is 9.59 Å². The van der Waals surface area contributed by atoms with E-state index < -0.39 is 17.9 Å². The Morgan fingerprint density at radius 3 is 2.80 bits per heavy atom. The van der Waals surface area contributed by atoms with Crippen LogP contribution in [0.4, 0.5) is 0 Å². The molecule has 0 saturated carbocycles. The lowest BCUT2D eigenvalue weighted by atomic mass is 10.2. The Balaban J connectivity index is 2.23. The van der Waals surface area contributed by atoms with Gasteiger partial charge >= 0.3 is 0 Å². The van der Waals surface area contributed by atoms with Gasteiger partial charge in [0.15, 0.2) is 0 Å². The second-order valence-corrected chi connectivity index (χ2v) is 3.11. The second kappa shape index (κ2) is 3.21. The predicted octanol–water partition coefficient (Wildman–Crippen LogP) is -2.04. The highest BCUT2D eigenvalue weighted by Gasteiger charge is 2.27. The third-order valence-corrected chi connectivity index (χ3v) is 2.04. The molecule has 0 fully saturated rings. The molecule has 0 spiro atoms. The van der Waals surface area contributed by atoms with Crippen LogP contribution in [0.5, 0.6) is 0 Å². The molecule has 2 aliphatic rings. The summed E-state index contributed by atoms with van der Waals surface area (Å²) in [5.74, 6) is -0.577. The molecule has 0 aromatic rings. The Hall–Kier alpha value is -2.15. The van der Waals surface area contributed by atoms with Gasteiger partial charge in [0.05, 0.1) is 5.57 Å². The summed E-state index contributed by atoms with van der Waals surface area (Å²) in [5, 5.41) is 1.44. The van der Waals surface area contributed by atoms with E-state index in [1.807, 2.05) is 0 Å². The van der Waals surface area contributed by atoms with Crippen molar-refractivity contribution in [3.05, 3.63) is 23.7 Å². The van der Waals surface area contributed by atoms with E-state index in [1.54, 1.807) is 6.08 Å². The van der Waals surface area contributed by atoms with Gasteiger partial charge in [-0.15, -0.1) is 0 Å². The minimum Gasteiger partial charge on any atom is -0.368 e. The molecule has 2 rings (SSSR count). The first-order valence-corrected chi connectivity index (χ1v) is 4.20. The SMILES string of the molecule is NC(=O)C1=CN2NC(C(N)=O)C=C2N=C1. The number of carbonyl (C=O) groups is 2. The summed E-state index contributed by atoms with van der Waals surface area (Å²) < 4.78 is 0. The Morgan fingerprint density at radius 1 is 1.47 bits per heavy atom. The number of amides is 2. The fraction of sp³-hybridized carbons (Fsp3) is 0.125. The number of aliphatic imine (C=N–C) groups is 1. The first kappa shape index (κ1) is 9.41. The molecular weight excluding hydrogens is 198 g/mol. The molecule has 0 aromatic heterocycles. The van der Waals surface area contributed by atoms with Crippen LogP contribution in [0.25, 0.3) is 0 Å². The zero-order valence-electron chi connectivity index (χ0n) is 7.68. The number of fused-ring (bicyclic) bond motifs is 1. The molecule has 2 heterocycles. The third kappa shape index (κ3) is 1.59. The van der Waals surface area contributed by atoms with Crippen LogP contribution in [-0.4, -0.2) is 29.1 Å². The number of nitrogens with zero attached hydrogens (tertiary/aromatic N) is 2. The Kier molecular flexibility index (Phi) is 2.01. The summed E-state index contributed by atoms with van der Waals surface area (Å²) in [7, 11) is 0. The van der Waals surface area contributed by atoms with Gasteiger partial charge in [0, 0.05) is 12.4 Å². The number of nitrogens with one attached hydrogen (secondary N) is 1. The fourth-order valence-corrected chi connectivity index (χ4v) is 1.27. The van der Waals surface area contributed by atoms with Crippen LogP contribution < -0.4 is 16.9 Å². The normalized spacial score (nSPS) is 23.2. The number of hydrogen-bond donors (Lipinski definition) is 3. The Morgan fingerprint density at radius 2 is 2.20 bits per heavy atom. The molecule has 0 bridgehead atoms. The topological polar surface area (TPSA) is 114 Å². The minimum atomic E-state index is -0.611. The Labute approximate surface area is 85.1 Å². The average Bonchev–Trinajstić information content (AvgIpc) is 2.59. The van der Waals surface area contributed by atoms with E-state index in [0.717, 1.165) is 0 Å². The predicted molar refractivity (Wildman–Crippen MR) is 51.8 cm³/mol. The third-order valence-electron chi connectivity index (χ3n) is 2.04. The summed E-state index contributed by atoms with van der Waals surface area (Å²) in [6.07, 6.45) is 4.37. The summed E-state index contributed by atoms with van der Waals surface area (Å²) >= 11 is 0. The Bertz CT molecular complexity index is 423. The van der Waals surface area contributed by atoms with Gasteiger partial charge in [-0.1, -0.05) is 0 Å². The first-order chi connectivity index (χ1) is 7.08. The number of carbonyl (C=O) groups excluding carboxylic acids is 2. The summed E-state index contributed by atoms with van der Waals surface area (Å²) in [5.41, 5.74) is 13.2. The van der Waals surface area contributed by atoms with Crippen LogP contribution in [0.3, 0.4) is 0 Å². The average molecular weight is 207 g/mol. The summed E-state index contributed by atoms with van der Waals surface area (Å²) in [6.45, 7) is 0.